The van der Waals surface area contributed by atoms with Crippen molar-refractivity contribution in [3.63, 3.8) is 0 Å². The van der Waals surface area contributed by atoms with Crippen molar-refractivity contribution >= 4 is 17.2 Å². The number of para-hydroxylation sites is 1. The molecule has 0 radical (unpaired) electrons. The van der Waals surface area contributed by atoms with E-state index < -0.39 is 0 Å². The molecule has 98 valence electrons. The molecule has 0 atom stereocenters. The Kier molecular flexibility index (Phi) is 3.90. The highest BCUT2D eigenvalue weighted by Crippen LogP contribution is 2.25. The largest absolute Gasteiger partial charge is 0.341 e. The van der Waals surface area contributed by atoms with Crippen LogP contribution in [-0.4, -0.2) is 17.8 Å². The predicted molar refractivity (Wildman–Crippen MR) is 73.3 cm³/mol. The van der Waals surface area contributed by atoms with Gasteiger partial charge in [-0.1, -0.05) is 19.1 Å². The first-order chi connectivity index (χ1) is 9.13. The first kappa shape index (κ1) is 13.2. The maximum Gasteiger partial charge on any atom is 0.180 e. The number of ketones is 1. The molecular formula is C15H15FN2O. The number of rotatable bonds is 4. The first-order valence-electron chi connectivity index (χ1n) is 6.11. The lowest BCUT2D eigenvalue weighted by molar-refractivity contribution is 0.0983. The molecule has 1 aromatic carbocycles. The number of nitrogens with zero attached hydrogens (tertiary/aromatic N) is 2. The Morgan fingerprint density at radius 3 is 2.58 bits per heavy atom. The van der Waals surface area contributed by atoms with Crippen LogP contribution in [0.2, 0.25) is 0 Å². The van der Waals surface area contributed by atoms with Crippen molar-refractivity contribution in [1.29, 1.82) is 0 Å². The lowest BCUT2D eigenvalue weighted by atomic mass is 10.2. The first-order valence-corrected chi connectivity index (χ1v) is 6.11. The van der Waals surface area contributed by atoms with E-state index in [2.05, 4.69) is 4.98 Å². The number of aromatic nitrogens is 1. The Hall–Kier alpha value is -2.23. The number of benzene rings is 1. The molecule has 1 heterocycles. The second kappa shape index (κ2) is 5.61. The number of pyridine rings is 1. The van der Waals surface area contributed by atoms with E-state index in [-0.39, 0.29) is 11.6 Å². The van der Waals surface area contributed by atoms with Crippen LogP contribution in [0, 0.1) is 5.82 Å². The van der Waals surface area contributed by atoms with Crippen molar-refractivity contribution in [2.75, 3.05) is 11.9 Å². The molecule has 1 aromatic heterocycles. The molecule has 19 heavy (non-hydrogen) atoms. The number of hydrogen-bond donors (Lipinski definition) is 0. The zero-order valence-corrected chi connectivity index (χ0v) is 10.9. The van der Waals surface area contributed by atoms with E-state index in [1.807, 2.05) is 0 Å². The summed E-state index contributed by atoms with van der Waals surface area (Å²) < 4.78 is 13.7. The van der Waals surface area contributed by atoms with E-state index >= 15 is 0 Å². The van der Waals surface area contributed by atoms with E-state index in [1.54, 1.807) is 55.4 Å². The van der Waals surface area contributed by atoms with Gasteiger partial charge in [-0.05, 0) is 24.3 Å². The van der Waals surface area contributed by atoms with Crippen LogP contribution in [0.1, 0.15) is 23.8 Å². The maximum absolute atomic E-state index is 13.7. The van der Waals surface area contributed by atoms with Gasteiger partial charge in [0.25, 0.3) is 0 Å². The van der Waals surface area contributed by atoms with Crippen LogP contribution in [0.4, 0.5) is 15.8 Å². The second-order valence-electron chi connectivity index (χ2n) is 4.19. The van der Waals surface area contributed by atoms with Crippen LogP contribution in [-0.2, 0) is 0 Å². The van der Waals surface area contributed by atoms with Gasteiger partial charge in [0.2, 0.25) is 0 Å². The highest BCUT2D eigenvalue weighted by molar-refractivity contribution is 5.94. The fourth-order valence-electron chi connectivity index (χ4n) is 1.79. The van der Waals surface area contributed by atoms with Gasteiger partial charge < -0.3 is 4.90 Å². The van der Waals surface area contributed by atoms with E-state index in [1.165, 1.54) is 6.07 Å². The third-order valence-electron chi connectivity index (χ3n) is 2.96. The van der Waals surface area contributed by atoms with Gasteiger partial charge in [-0.25, -0.2) is 4.39 Å². The van der Waals surface area contributed by atoms with E-state index in [0.717, 1.165) is 5.69 Å². The lowest BCUT2D eigenvalue weighted by Gasteiger charge is -2.19. The van der Waals surface area contributed by atoms with Gasteiger partial charge in [-0.2, -0.15) is 0 Å². The van der Waals surface area contributed by atoms with Gasteiger partial charge in [-0.3, -0.25) is 9.78 Å². The maximum atomic E-state index is 13.7. The van der Waals surface area contributed by atoms with E-state index in [0.29, 0.717) is 17.8 Å². The molecule has 4 heteroatoms. The second-order valence-corrected chi connectivity index (χ2v) is 4.19. The molecule has 0 fully saturated rings. The Balaban J connectivity index is 2.28. The minimum Gasteiger partial charge on any atom is -0.341 e. The molecule has 0 bridgehead atoms. The molecule has 2 aromatic rings. The molecule has 0 aliphatic carbocycles. The fraction of sp³-hybridized carbons (Fsp3) is 0.200. The lowest BCUT2D eigenvalue weighted by Crippen LogP contribution is -2.12. The molecule has 0 N–H and O–H groups in total. The standard InChI is InChI=1S/C15H15FN2O/c1-3-15(19)13-9-8-11(10-17-13)18(2)14-7-5-4-6-12(14)16/h4-10H,3H2,1-2H3. The summed E-state index contributed by atoms with van der Waals surface area (Å²) in [6.45, 7) is 1.80. The molecule has 0 aliphatic rings. The van der Waals surface area contributed by atoms with Crippen LogP contribution in [0.3, 0.4) is 0 Å². The van der Waals surface area contributed by atoms with Gasteiger partial charge in [0.15, 0.2) is 5.78 Å². The summed E-state index contributed by atoms with van der Waals surface area (Å²) in [5.41, 5.74) is 1.64. The molecule has 0 spiro atoms. The van der Waals surface area contributed by atoms with Crippen molar-refractivity contribution in [1.82, 2.24) is 4.98 Å². The van der Waals surface area contributed by atoms with Crippen LogP contribution in [0.25, 0.3) is 0 Å². The van der Waals surface area contributed by atoms with Crippen LogP contribution < -0.4 is 4.90 Å². The number of carbonyl (C=O) groups is 1. The van der Waals surface area contributed by atoms with Gasteiger partial charge in [0.1, 0.15) is 11.5 Å². The minimum atomic E-state index is -0.293. The molecular weight excluding hydrogens is 243 g/mol. The van der Waals surface area contributed by atoms with Crippen LogP contribution >= 0.6 is 0 Å². The summed E-state index contributed by atoms with van der Waals surface area (Å²) in [4.78, 5) is 17.3. The third-order valence-corrected chi connectivity index (χ3v) is 2.96. The molecule has 0 saturated heterocycles. The Morgan fingerprint density at radius 2 is 2.00 bits per heavy atom. The van der Waals surface area contributed by atoms with Gasteiger partial charge in [-0.15, -0.1) is 0 Å². The number of hydrogen-bond acceptors (Lipinski definition) is 3. The Morgan fingerprint density at radius 1 is 1.26 bits per heavy atom. The van der Waals surface area contributed by atoms with Gasteiger partial charge >= 0.3 is 0 Å². The molecule has 0 amide bonds. The van der Waals surface area contributed by atoms with Gasteiger partial charge in [0.05, 0.1) is 17.6 Å². The summed E-state index contributed by atoms with van der Waals surface area (Å²) in [7, 11) is 1.76. The third kappa shape index (κ3) is 2.78. The monoisotopic (exact) mass is 258 g/mol. The van der Waals surface area contributed by atoms with E-state index in [4.69, 9.17) is 0 Å². The fourth-order valence-corrected chi connectivity index (χ4v) is 1.79. The van der Waals surface area contributed by atoms with Gasteiger partial charge in [0, 0.05) is 13.5 Å². The Labute approximate surface area is 111 Å². The molecule has 0 saturated carbocycles. The van der Waals surface area contributed by atoms with Crippen LogP contribution in [0.15, 0.2) is 42.6 Å². The summed E-state index contributed by atoms with van der Waals surface area (Å²) in [6, 6.07) is 9.96. The average Bonchev–Trinajstić information content (AvgIpc) is 2.46. The summed E-state index contributed by atoms with van der Waals surface area (Å²) in [6.07, 6.45) is 2.00. The highest BCUT2D eigenvalue weighted by Gasteiger charge is 2.10. The quantitative estimate of drug-likeness (QED) is 0.786. The SMILES string of the molecule is CCC(=O)c1ccc(N(C)c2ccccc2F)cn1. The van der Waals surface area contributed by atoms with Crippen molar-refractivity contribution in [3.8, 4) is 0 Å². The normalized spacial score (nSPS) is 10.3. The minimum absolute atomic E-state index is 0.0000877. The van der Waals surface area contributed by atoms with Crippen molar-refractivity contribution in [3.05, 3.63) is 54.1 Å². The molecule has 0 unspecified atom stereocenters. The number of carbonyl (C=O) groups excluding carboxylic acids is 1. The van der Waals surface area contributed by atoms with Crippen molar-refractivity contribution in [2.24, 2.45) is 0 Å². The predicted octanol–water partition coefficient (Wildman–Crippen LogP) is 3.58. The summed E-state index contributed by atoms with van der Waals surface area (Å²) in [5.74, 6) is -0.293. The number of halogens is 1. The highest BCUT2D eigenvalue weighted by atomic mass is 19.1. The molecule has 0 aliphatic heterocycles. The number of anilines is 2. The summed E-state index contributed by atoms with van der Waals surface area (Å²) >= 11 is 0. The Bertz CT molecular complexity index is 581. The van der Waals surface area contributed by atoms with E-state index in [9.17, 15) is 9.18 Å². The van der Waals surface area contributed by atoms with Crippen molar-refractivity contribution < 1.29 is 9.18 Å². The molecule has 2 rings (SSSR count). The zero-order valence-electron chi connectivity index (χ0n) is 10.9. The molecule has 3 nitrogen and oxygen atoms in total. The smallest absolute Gasteiger partial charge is 0.180 e. The zero-order chi connectivity index (χ0) is 13.8. The van der Waals surface area contributed by atoms with Crippen molar-refractivity contribution in [2.45, 2.75) is 13.3 Å². The topological polar surface area (TPSA) is 33.2 Å². The van der Waals surface area contributed by atoms with Crippen LogP contribution in [0.5, 0.6) is 0 Å². The average molecular weight is 258 g/mol. The number of Topliss-reactive ketones (excluding diaryl/α,β-unsaturated/α-hetero) is 1. The summed E-state index contributed by atoms with van der Waals surface area (Å²) in [5, 5.41) is 0.